The standard InChI is InChI=1S/C56H109NO4/c1-3-5-7-9-11-13-15-16-17-18-19-20-21-22-23-24-25-26-27-28-29-30-31-32-33-34-35-36-37-38-39-40-41-43-45-47-49-51-55(60)57-53(52-58)56(61)54(59)50-48-46-44-42-14-12-10-8-6-4-2/h8,10,42,44,53-54,56,58-59,61H,3-7,9,11-41,43,45-52H2,1-2H3,(H,57,60)/b10-8+,44-42+. The molecule has 0 saturated heterocycles. The van der Waals surface area contributed by atoms with Crippen LogP contribution in [0.15, 0.2) is 24.3 Å². The first-order valence-electron chi connectivity index (χ1n) is 27.6. The molecule has 0 bridgehead atoms. The Labute approximate surface area is 382 Å². The fourth-order valence-corrected chi connectivity index (χ4v) is 8.78. The quantitative estimate of drug-likeness (QED) is 0.0362. The number of allylic oxidation sites excluding steroid dienone is 4. The maximum absolute atomic E-state index is 12.4. The second-order valence-electron chi connectivity index (χ2n) is 19.1. The van der Waals surface area contributed by atoms with Crippen LogP contribution in [0.4, 0.5) is 0 Å². The van der Waals surface area contributed by atoms with Crippen LogP contribution >= 0.6 is 0 Å². The van der Waals surface area contributed by atoms with Gasteiger partial charge in [-0.25, -0.2) is 0 Å². The Morgan fingerprint density at radius 3 is 1.00 bits per heavy atom. The first-order chi connectivity index (χ1) is 30.1. The van der Waals surface area contributed by atoms with Gasteiger partial charge in [-0.2, -0.15) is 0 Å². The summed E-state index contributed by atoms with van der Waals surface area (Å²) < 4.78 is 0. The number of aliphatic hydroxyl groups is 3. The minimum Gasteiger partial charge on any atom is -0.394 e. The van der Waals surface area contributed by atoms with Gasteiger partial charge in [0.05, 0.1) is 18.8 Å². The van der Waals surface area contributed by atoms with Gasteiger partial charge >= 0.3 is 0 Å². The molecule has 4 N–H and O–H groups in total. The highest BCUT2D eigenvalue weighted by Crippen LogP contribution is 2.18. The number of aliphatic hydroxyl groups excluding tert-OH is 3. The summed E-state index contributed by atoms with van der Waals surface area (Å²) in [4.78, 5) is 12.4. The van der Waals surface area contributed by atoms with E-state index in [2.05, 4.69) is 43.5 Å². The highest BCUT2D eigenvalue weighted by molar-refractivity contribution is 5.76. The number of carbonyl (C=O) groups is 1. The molecule has 3 atom stereocenters. The third kappa shape index (κ3) is 46.6. The van der Waals surface area contributed by atoms with Crippen molar-refractivity contribution in [1.82, 2.24) is 5.32 Å². The lowest BCUT2D eigenvalue weighted by atomic mass is 10.0. The summed E-state index contributed by atoms with van der Waals surface area (Å²) in [6.07, 6.45) is 65.2. The summed E-state index contributed by atoms with van der Waals surface area (Å²) in [6.45, 7) is 4.10. The van der Waals surface area contributed by atoms with Gasteiger partial charge in [0, 0.05) is 6.42 Å². The molecule has 0 aromatic carbocycles. The van der Waals surface area contributed by atoms with Crippen molar-refractivity contribution in [2.45, 2.75) is 321 Å². The molecule has 0 rings (SSSR count). The normalized spacial score (nSPS) is 13.5. The predicted octanol–water partition coefficient (Wildman–Crippen LogP) is 16.9. The average Bonchev–Trinajstić information content (AvgIpc) is 3.26. The molecule has 0 fully saturated rings. The molecule has 0 aromatic rings. The molecule has 0 aliphatic heterocycles. The summed E-state index contributed by atoms with van der Waals surface area (Å²) in [6, 6.07) is -0.828. The van der Waals surface area contributed by atoms with Crippen LogP contribution in [0, 0.1) is 0 Å². The van der Waals surface area contributed by atoms with E-state index in [1.807, 2.05) is 0 Å². The molecule has 0 saturated carbocycles. The zero-order chi connectivity index (χ0) is 44.4. The summed E-state index contributed by atoms with van der Waals surface area (Å²) in [5.74, 6) is -0.155. The summed E-state index contributed by atoms with van der Waals surface area (Å²) in [7, 11) is 0. The molecular weight excluding hydrogens is 751 g/mol. The largest absolute Gasteiger partial charge is 0.394 e. The molecule has 0 aliphatic rings. The van der Waals surface area contributed by atoms with Crippen molar-refractivity contribution >= 4 is 5.91 Å². The van der Waals surface area contributed by atoms with E-state index < -0.39 is 18.2 Å². The number of rotatable bonds is 51. The third-order valence-electron chi connectivity index (χ3n) is 13.0. The van der Waals surface area contributed by atoms with Gasteiger partial charge in [-0.1, -0.05) is 276 Å². The van der Waals surface area contributed by atoms with Crippen LogP contribution in [-0.4, -0.2) is 46.1 Å². The van der Waals surface area contributed by atoms with Gasteiger partial charge in [-0.3, -0.25) is 4.79 Å². The van der Waals surface area contributed by atoms with Crippen LogP contribution in [0.25, 0.3) is 0 Å². The Balaban J connectivity index is 3.39. The van der Waals surface area contributed by atoms with Crippen molar-refractivity contribution in [2.24, 2.45) is 0 Å². The molecule has 0 aliphatic carbocycles. The van der Waals surface area contributed by atoms with Crippen molar-refractivity contribution in [3.8, 4) is 0 Å². The van der Waals surface area contributed by atoms with Crippen molar-refractivity contribution in [3.63, 3.8) is 0 Å². The van der Waals surface area contributed by atoms with E-state index in [-0.39, 0.29) is 12.5 Å². The Morgan fingerprint density at radius 2 is 0.689 bits per heavy atom. The molecule has 0 spiro atoms. The molecule has 0 radical (unpaired) electrons. The zero-order valence-electron chi connectivity index (χ0n) is 41.3. The van der Waals surface area contributed by atoms with Crippen molar-refractivity contribution in [1.29, 1.82) is 0 Å². The van der Waals surface area contributed by atoms with Gasteiger partial charge in [0.1, 0.15) is 6.10 Å². The Morgan fingerprint density at radius 1 is 0.393 bits per heavy atom. The van der Waals surface area contributed by atoms with Crippen LogP contribution < -0.4 is 5.32 Å². The average molecular weight is 860 g/mol. The van der Waals surface area contributed by atoms with Crippen LogP contribution in [0.3, 0.4) is 0 Å². The minimum absolute atomic E-state index is 0.155. The highest BCUT2D eigenvalue weighted by atomic mass is 16.3. The van der Waals surface area contributed by atoms with Crippen LogP contribution in [0.5, 0.6) is 0 Å². The fraction of sp³-hybridized carbons (Fsp3) is 0.911. The minimum atomic E-state index is -1.16. The number of amides is 1. The van der Waals surface area contributed by atoms with E-state index in [1.165, 1.54) is 225 Å². The SMILES string of the molecule is CCC/C=C/CC/C=C/CCCC(O)C(O)C(CO)NC(=O)CCCCCCCCCCCCCCCCCCCCCCCCCCCCCCCCCCCCCCC. The van der Waals surface area contributed by atoms with E-state index in [0.29, 0.717) is 12.8 Å². The molecule has 362 valence electrons. The number of hydrogen-bond acceptors (Lipinski definition) is 4. The first-order valence-corrected chi connectivity index (χ1v) is 27.6. The van der Waals surface area contributed by atoms with Crippen molar-refractivity contribution in [3.05, 3.63) is 24.3 Å². The molecule has 5 nitrogen and oxygen atoms in total. The smallest absolute Gasteiger partial charge is 0.220 e. The molecule has 61 heavy (non-hydrogen) atoms. The molecule has 0 aromatic heterocycles. The maximum atomic E-state index is 12.4. The Kier molecular flexibility index (Phi) is 50.5. The van der Waals surface area contributed by atoms with Gasteiger partial charge in [0.15, 0.2) is 0 Å². The number of carbonyl (C=O) groups excluding carboxylic acids is 1. The second-order valence-corrected chi connectivity index (χ2v) is 19.1. The number of unbranched alkanes of at least 4 members (excludes halogenated alkanes) is 39. The van der Waals surface area contributed by atoms with E-state index in [1.54, 1.807) is 0 Å². The monoisotopic (exact) mass is 860 g/mol. The van der Waals surface area contributed by atoms with Gasteiger partial charge < -0.3 is 20.6 Å². The topological polar surface area (TPSA) is 89.8 Å². The second kappa shape index (κ2) is 51.5. The van der Waals surface area contributed by atoms with Gasteiger partial charge in [0.25, 0.3) is 0 Å². The van der Waals surface area contributed by atoms with Gasteiger partial charge in [-0.15, -0.1) is 0 Å². The highest BCUT2D eigenvalue weighted by Gasteiger charge is 2.26. The summed E-state index contributed by atoms with van der Waals surface area (Å²) in [5, 5.41) is 33.4. The van der Waals surface area contributed by atoms with Crippen molar-refractivity contribution < 1.29 is 20.1 Å². The molecule has 3 unspecified atom stereocenters. The van der Waals surface area contributed by atoms with E-state index in [0.717, 1.165) is 51.4 Å². The zero-order valence-corrected chi connectivity index (χ0v) is 41.3. The lowest BCUT2D eigenvalue weighted by Crippen LogP contribution is -2.50. The molecule has 1 amide bonds. The maximum Gasteiger partial charge on any atom is 0.220 e. The van der Waals surface area contributed by atoms with Gasteiger partial charge in [0.2, 0.25) is 5.91 Å². The molecular formula is C56H109NO4. The predicted molar refractivity (Wildman–Crippen MR) is 268 cm³/mol. The number of hydrogen-bond donors (Lipinski definition) is 4. The Hall–Kier alpha value is -1.17. The van der Waals surface area contributed by atoms with Crippen LogP contribution in [0.1, 0.15) is 303 Å². The summed E-state index contributed by atoms with van der Waals surface area (Å²) >= 11 is 0. The lowest BCUT2D eigenvalue weighted by molar-refractivity contribution is -0.124. The van der Waals surface area contributed by atoms with E-state index in [4.69, 9.17) is 0 Å². The van der Waals surface area contributed by atoms with Gasteiger partial charge in [-0.05, 0) is 44.9 Å². The summed E-state index contributed by atoms with van der Waals surface area (Å²) in [5.41, 5.74) is 0. The van der Waals surface area contributed by atoms with Crippen LogP contribution in [-0.2, 0) is 4.79 Å². The van der Waals surface area contributed by atoms with E-state index >= 15 is 0 Å². The fourth-order valence-electron chi connectivity index (χ4n) is 8.78. The first kappa shape index (κ1) is 59.8. The van der Waals surface area contributed by atoms with E-state index in [9.17, 15) is 20.1 Å². The number of nitrogens with one attached hydrogen (secondary N) is 1. The Bertz CT molecular complexity index is 905. The lowest BCUT2D eigenvalue weighted by Gasteiger charge is -2.26. The molecule has 5 heteroatoms. The van der Waals surface area contributed by atoms with Crippen LogP contribution in [0.2, 0.25) is 0 Å². The molecule has 0 heterocycles. The third-order valence-corrected chi connectivity index (χ3v) is 13.0. The van der Waals surface area contributed by atoms with Crippen molar-refractivity contribution in [2.75, 3.05) is 6.61 Å².